The van der Waals surface area contributed by atoms with E-state index in [0.29, 0.717) is 11.3 Å². The molecule has 1 saturated carbocycles. The van der Waals surface area contributed by atoms with Gasteiger partial charge < -0.3 is 15.0 Å². The van der Waals surface area contributed by atoms with E-state index < -0.39 is 11.9 Å². The maximum Gasteiger partial charge on any atom is 0.261 e. The third-order valence-corrected chi connectivity index (χ3v) is 6.10. The summed E-state index contributed by atoms with van der Waals surface area (Å²) in [5.74, 6) is -0.359. The lowest BCUT2D eigenvalue weighted by atomic mass is 9.95. The molecule has 2 aromatic carbocycles. The van der Waals surface area contributed by atoms with E-state index in [-0.39, 0.29) is 31.0 Å². The number of amides is 2. The van der Waals surface area contributed by atoms with Crippen molar-refractivity contribution in [3.8, 4) is 5.75 Å². The highest BCUT2D eigenvalue weighted by Crippen LogP contribution is 2.21. The Morgan fingerprint density at radius 3 is 2.53 bits per heavy atom. The molecular weight excluding hydrogens is 407 g/mol. The van der Waals surface area contributed by atoms with E-state index >= 15 is 0 Å². The molecule has 32 heavy (non-hydrogen) atoms. The average Bonchev–Trinajstić information content (AvgIpc) is 2.78. The van der Waals surface area contributed by atoms with Gasteiger partial charge in [0, 0.05) is 18.2 Å². The molecule has 172 valence electrons. The number of aryl methyl sites for hydroxylation is 2. The highest BCUT2D eigenvalue weighted by atomic mass is 19.1. The summed E-state index contributed by atoms with van der Waals surface area (Å²) in [5.41, 5.74) is 2.40. The minimum Gasteiger partial charge on any atom is -0.483 e. The van der Waals surface area contributed by atoms with Crippen LogP contribution in [0.25, 0.3) is 0 Å². The van der Waals surface area contributed by atoms with Gasteiger partial charge in [-0.2, -0.15) is 0 Å². The predicted octanol–water partition coefficient (Wildman–Crippen LogP) is 4.69. The Hall–Kier alpha value is -2.89. The molecule has 0 spiro atoms. The molecule has 0 saturated heterocycles. The number of hydrogen-bond acceptors (Lipinski definition) is 3. The maximum absolute atomic E-state index is 14.3. The molecule has 2 amide bonds. The Balaban J connectivity index is 1.73. The number of benzene rings is 2. The quantitative estimate of drug-likeness (QED) is 0.648. The van der Waals surface area contributed by atoms with Gasteiger partial charge in [-0.1, -0.05) is 55.2 Å². The maximum atomic E-state index is 14.3. The molecule has 0 aliphatic heterocycles. The van der Waals surface area contributed by atoms with Crippen LogP contribution in [-0.2, 0) is 16.1 Å². The van der Waals surface area contributed by atoms with E-state index in [1.165, 1.54) is 17.4 Å². The highest BCUT2D eigenvalue weighted by molar-refractivity contribution is 5.88. The molecule has 0 aromatic heterocycles. The van der Waals surface area contributed by atoms with Crippen LogP contribution >= 0.6 is 0 Å². The number of nitrogens with zero attached hydrogens (tertiary/aromatic N) is 1. The van der Waals surface area contributed by atoms with Gasteiger partial charge in [0.25, 0.3) is 5.91 Å². The van der Waals surface area contributed by atoms with E-state index in [0.717, 1.165) is 36.8 Å². The van der Waals surface area contributed by atoms with Crippen molar-refractivity contribution in [2.75, 3.05) is 6.61 Å². The Labute approximate surface area is 190 Å². The second kappa shape index (κ2) is 11.1. The summed E-state index contributed by atoms with van der Waals surface area (Å²) >= 11 is 0. The summed E-state index contributed by atoms with van der Waals surface area (Å²) < 4.78 is 20.1. The summed E-state index contributed by atoms with van der Waals surface area (Å²) in [6.07, 6.45) is 5.29. The van der Waals surface area contributed by atoms with Crippen LogP contribution in [0.3, 0.4) is 0 Å². The number of carbonyl (C=O) groups excluding carboxylic acids is 2. The first kappa shape index (κ1) is 23.8. The van der Waals surface area contributed by atoms with Gasteiger partial charge in [0.15, 0.2) is 6.61 Å². The summed E-state index contributed by atoms with van der Waals surface area (Å²) in [7, 11) is 0. The number of halogens is 1. The monoisotopic (exact) mass is 440 g/mol. The largest absolute Gasteiger partial charge is 0.483 e. The van der Waals surface area contributed by atoms with E-state index in [4.69, 9.17) is 4.74 Å². The molecule has 1 fully saturated rings. The van der Waals surface area contributed by atoms with Gasteiger partial charge >= 0.3 is 0 Å². The molecule has 0 heterocycles. The lowest BCUT2D eigenvalue weighted by Gasteiger charge is -2.31. The van der Waals surface area contributed by atoms with Crippen molar-refractivity contribution in [1.82, 2.24) is 10.2 Å². The Morgan fingerprint density at radius 1 is 1.12 bits per heavy atom. The molecule has 2 aromatic rings. The average molecular weight is 441 g/mol. The number of ether oxygens (including phenoxy) is 1. The molecule has 1 aliphatic carbocycles. The minimum absolute atomic E-state index is 0.000992. The minimum atomic E-state index is -0.744. The third-order valence-electron chi connectivity index (χ3n) is 6.10. The fraction of sp³-hybridized carbons (Fsp3) is 0.462. The third kappa shape index (κ3) is 6.31. The first-order chi connectivity index (χ1) is 15.3. The van der Waals surface area contributed by atoms with E-state index in [1.54, 1.807) is 25.1 Å². The van der Waals surface area contributed by atoms with Crippen LogP contribution in [0.15, 0.2) is 42.5 Å². The van der Waals surface area contributed by atoms with E-state index in [9.17, 15) is 14.0 Å². The van der Waals surface area contributed by atoms with Crippen molar-refractivity contribution < 1.29 is 18.7 Å². The van der Waals surface area contributed by atoms with Crippen LogP contribution in [0, 0.1) is 19.7 Å². The lowest BCUT2D eigenvalue weighted by molar-refractivity contribution is -0.142. The summed E-state index contributed by atoms with van der Waals surface area (Å²) in [5, 5.41) is 3.08. The van der Waals surface area contributed by atoms with Crippen LogP contribution in [-0.4, -0.2) is 35.4 Å². The number of rotatable bonds is 8. The molecule has 5 nitrogen and oxygen atoms in total. The van der Waals surface area contributed by atoms with Crippen LogP contribution in [0.5, 0.6) is 5.75 Å². The molecule has 1 aliphatic rings. The van der Waals surface area contributed by atoms with Crippen molar-refractivity contribution >= 4 is 11.8 Å². The van der Waals surface area contributed by atoms with Crippen LogP contribution in [0.1, 0.15) is 55.7 Å². The zero-order chi connectivity index (χ0) is 23.1. The van der Waals surface area contributed by atoms with Gasteiger partial charge in [0.2, 0.25) is 5.91 Å². The first-order valence-electron chi connectivity index (χ1n) is 11.4. The van der Waals surface area contributed by atoms with Crippen molar-refractivity contribution in [3.63, 3.8) is 0 Å². The van der Waals surface area contributed by atoms with Gasteiger partial charge in [-0.25, -0.2) is 4.39 Å². The number of nitrogens with one attached hydrogen (secondary N) is 1. The van der Waals surface area contributed by atoms with Crippen molar-refractivity contribution in [3.05, 3.63) is 65.0 Å². The highest BCUT2D eigenvalue weighted by Gasteiger charge is 2.29. The topological polar surface area (TPSA) is 58.6 Å². The van der Waals surface area contributed by atoms with Crippen molar-refractivity contribution in [2.45, 2.75) is 71.5 Å². The summed E-state index contributed by atoms with van der Waals surface area (Å²) in [6, 6.07) is 11.4. The number of hydrogen-bond donors (Lipinski definition) is 1. The van der Waals surface area contributed by atoms with Crippen LogP contribution in [0.2, 0.25) is 0 Å². The van der Waals surface area contributed by atoms with Crippen molar-refractivity contribution in [1.29, 1.82) is 0 Å². The molecule has 0 radical (unpaired) electrons. The second-order valence-corrected chi connectivity index (χ2v) is 8.69. The summed E-state index contributed by atoms with van der Waals surface area (Å²) in [4.78, 5) is 27.5. The van der Waals surface area contributed by atoms with Crippen LogP contribution in [0.4, 0.5) is 4.39 Å². The molecule has 6 heteroatoms. The lowest BCUT2D eigenvalue weighted by Crippen LogP contribution is -2.51. The standard InChI is InChI=1S/C26H33FN2O3/c1-18-13-14-24(19(2)15-18)32-17-25(30)29(16-21-9-7-8-12-23(21)27)20(3)26(31)28-22-10-5-4-6-11-22/h7-9,12-15,20,22H,4-6,10-11,16-17H2,1-3H3,(H,28,31). The van der Waals surface area contributed by atoms with Gasteiger partial charge in [0.05, 0.1) is 0 Å². The van der Waals surface area contributed by atoms with E-state index in [2.05, 4.69) is 5.32 Å². The molecule has 1 atom stereocenters. The predicted molar refractivity (Wildman–Crippen MR) is 123 cm³/mol. The zero-order valence-electron chi connectivity index (χ0n) is 19.2. The molecule has 1 N–H and O–H groups in total. The normalized spacial score (nSPS) is 15.1. The molecule has 3 rings (SSSR count). The molecule has 0 bridgehead atoms. The fourth-order valence-corrected chi connectivity index (χ4v) is 4.15. The van der Waals surface area contributed by atoms with E-state index in [1.807, 2.05) is 32.0 Å². The van der Waals surface area contributed by atoms with Gasteiger partial charge in [0.1, 0.15) is 17.6 Å². The van der Waals surface area contributed by atoms with Crippen LogP contribution < -0.4 is 10.1 Å². The Bertz CT molecular complexity index is 940. The fourth-order valence-electron chi connectivity index (χ4n) is 4.15. The second-order valence-electron chi connectivity index (χ2n) is 8.69. The smallest absolute Gasteiger partial charge is 0.261 e. The SMILES string of the molecule is Cc1ccc(OCC(=O)N(Cc2ccccc2F)C(C)C(=O)NC2CCCCC2)c(C)c1. The van der Waals surface area contributed by atoms with Gasteiger partial charge in [-0.15, -0.1) is 0 Å². The Kier molecular flexibility index (Phi) is 8.26. The zero-order valence-corrected chi connectivity index (χ0v) is 19.2. The molecular formula is C26H33FN2O3. The van der Waals surface area contributed by atoms with Gasteiger partial charge in [-0.3, -0.25) is 9.59 Å². The number of carbonyl (C=O) groups is 2. The summed E-state index contributed by atoms with van der Waals surface area (Å²) in [6.45, 7) is 5.38. The first-order valence-corrected chi connectivity index (χ1v) is 11.4. The molecule has 1 unspecified atom stereocenters. The Morgan fingerprint density at radius 2 is 1.84 bits per heavy atom. The van der Waals surface area contributed by atoms with Crippen molar-refractivity contribution in [2.24, 2.45) is 0 Å². The van der Waals surface area contributed by atoms with Gasteiger partial charge in [-0.05, 0) is 51.3 Å².